The number of halogens is 1. The Morgan fingerprint density at radius 1 is 0.968 bits per heavy atom. The summed E-state index contributed by atoms with van der Waals surface area (Å²) >= 11 is 0. The van der Waals surface area contributed by atoms with Gasteiger partial charge in [-0.1, -0.05) is 18.2 Å². The average molecular weight is 443 g/mol. The normalized spacial score (nSPS) is 15.2. The molecule has 31 heavy (non-hydrogen) atoms. The summed E-state index contributed by atoms with van der Waals surface area (Å²) < 4.78 is 41.6. The fourth-order valence-corrected chi connectivity index (χ4v) is 4.98. The van der Waals surface area contributed by atoms with E-state index in [0.717, 1.165) is 23.4 Å². The summed E-state index contributed by atoms with van der Waals surface area (Å²) in [7, 11) is -3.69. The Hall–Kier alpha value is -3.04. The molecule has 1 saturated heterocycles. The zero-order valence-electron chi connectivity index (χ0n) is 16.9. The van der Waals surface area contributed by atoms with E-state index in [2.05, 4.69) is 5.10 Å². The van der Waals surface area contributed by atoms with Gasteiger partial charge in [0.1, 0.15) is 5.82 Å². The van der Waals surface area contributed by atoms with Crippen LogP contribution in [0.3, 0.4) is 0 Å². The first-order valence-electron chi connectivity index (χ1n) is 10.1. The van der Waals surface area contributed by atoms with Crippen molar-refractivity contribution >= 4 is 15.9 Å². The number of hydrogen-bond acceptors (Lipinski definition) is 4. The quantitative estimate of drug-likeness (QED) is 0.588. The first-order chi connectivity index (χ1) is 14.9. The van der Waals surface area contributed by atoms with E-state index < -0.39 is 15.8 Å². The maximum Gasteiger partial charge on any atom is 0.243 e. The summed E-state index contributed by atoms with van der Waals surface area (Å²) in [6, 6.07) is 14.5. The van der Waals surface area contributed by atoms with Gasteiger partial charge in [-0.25, -0.2) is 17.5 Å². The second kappa shape index (κ2) is 8.99. The van der Waals surface area contributed by atoms with Crippen molar-refractivity contribution in [1.29, 1.82) is 0 Å². The van der Waals surface area contributed by atoms with Crippen LogP contribution in [-0.4, -0.2) is 59.5 Å². The molecule has 4 rings (SSSR count). The molecule has 1 fully saturated rings. The van der Waals surface area contributed by atoms with E-state index in [-0.39, 0.29) is 23.9 Å². The van der Waals surface area contributed by atoms with E-state index in [9.17, 15) is 17.6 Å². The summed E-state index contributed by atoms with van der Waals surface area (Å²) in [5.74, 6) is -0.491. The molecule has 0 atom stereocenters. The summed E-state index contributed by atoms with van der Waals surface area (Å²) in [6.45, 7) is 1.11. The van der Waals surface area contributed by atoms with Gasteiger partial charge >= 0.3 is 0 Å². The zero-order chi connectivity index (χ0) is 21.8. The lowest BCUT2D eigenvalue weighted by Crippen LogP contribution is -2.50. The molecule has 1 amide bonds. The van der Waals surface area contributed by atoms with Gasteiger partial charge in [0.05, 0.1) is 16.8 Å². The van der Waals surface area contributed by atoms with Gasteiger partial charge in [-0.2, -0.15) is 9.40 Å². The number of carbonyl (C=O) groups is 1. The third kappa shape index (κ3) is 4.83. The molecule has 7 nitrogen and oxygen atoms in total. The van der Waals surface area contributed by atoms with Gasteiger partial charge in [0.2, 0.25) is 15.9 Å². The predicted octanol–water partition coefficient (Wildman–Crippen LogP) is 2.48. The van der Waals surface area contributed by atoms with Crippen LogP contribution in [0.1, 0.15) is 12.0 Å². The average Bonchev–Trinajstić information content (AvgIpc) is 3.27. The van der Waals surface area contributed by atoms with Gasteiger partial charge in [-0.3, -0.25) is 4.79 Å². The molecule has 0 bridgehead atoms. The van der Waals surface area contributed by atoms with Crippen LogP contribution < -0.4 is 0 Å². The van der Waals surface area contributed by atoms with E-state index in [1.165, 1.54) is 16.4 Å². The highest BCUT2D eigenvalue weighted by molar-refractivity contribution is 7.89. The molecule has 0 saturated carbocycles. The zero-order valence-corrected chi connectivity index (χ0v) is 17.7. The lowest BCUT2D eigenvalue weighted by molar-refractivity contribution is -0.132. The van der Waals surface area contributed by atoms with Crippen molar-refractivity contribution in [1.82, 2.24) is 19.0 Å². The SMILES string of the molecule is O=C(CCc1cnn(-c2ccccc2)c1)N1CCN(S(=O)(=O)c2ccc(F)cc2)CC1. The minimum absolute atomic E-state index is 0.00806. The second-order valence-corrected chi connectivity index (χ2v) is 9.31. The number of para-hydroxylation sites is 1. The van der Waals surface area contributed by atoms with E-state index in [1.54, 1.807) is 15.8 Å². The lowest BCUT2D eigenvalue weighted by Gasteiger charge is -2.34. The Morgan fingerprint density at radius 2 is 1.65 bits per heavy atom. The molecule has 3 aromatic rings. The van der Waals surface area contributed by atoms with Crippen LogP contribution in [0.4, 0.5) is 4.39 Å². The van der Waals surface area contributed by atoms with Crippen LogP contribution in [0.2, 0.25) is 0 Å². The fraction of sp³-hybridized carbons (Fsp3) is 0.273. The maximum absolute atomic E-state index is 13.1. The lowest BCUT2D eigenvalue weighted by atomic mass is 10.2. The number of hydrogen-bond donors (Lipinski definition) is 0. The van der Waals surface area contributed by atoms with Crippen LogP contribution in [0.5, 0.6) is 0 Å². The van der Waals surface area contributed by atoms with E-state index in [0.29, 0.717) is 25.9 Å². The van der Waals surface area contributed by atoms with E-state index in [4.69, 9.17) is 0 Å². The molecule has 1 aliphatic rings. The predicted molar refractivity (Wildman–Crippen MR) is 114 cm³/mol. The molecular weight excluding hydrogens is 419 g/mol. The van der Waals surface area contributed by atoms with Gasteiger partial charge in [-0.15, -0.1) is 0 Å². The first-order valence-corrected chi connectivity index (χ1v) is 11.5. The summed E-state index contributed by atoms with van der Waals surface area (Å²) in [5, 5.41) is 4.34. The van der Waals surface area contributed by atoms with Gasteiger partial charge in [0.15, 0.2) is 0 Å². The molecule has 9 heteroatoms. The molecule has 2 heterocycles. The summed E-state index contributed by atoms with van der Waals surface area (Å²) in [4.78, 5) is 14.4. The molecule has 1 aromatic heterocycles. The number of benzene rings is 2. The summed E-state index contributed by atoms with van der Waals surface area (Å²) in [5.41, 5.74) is 1.92. The van der Waals surface area contributed by atoms with Gasteiger partial charge in [0.25, 0.3) is 0 Å². The number of sulfonamides is 1. The third-order valence-electron chi connectivity index (χ3n) is 5.33. The van der Waals surface area contributed by atoms with Crippen LogP contribution in [0, 0.1) is 5.82 Å². The number of aromatic nitrogens is 2. The van der Waals surface area contributed by atoms with Crippen molar-refractivity contribution < 1.29 is 17.6 Å². The maximum atomic E-state index is 13.1. The molecule has 0 spiro atoms. The highest BCUT2D eigenvalue weighted by atomic mass is 32.2. The van der Waals surface area contributed by atoms with Crippen molar-refractivity contribution in [3.05, 3.63) is 78.4 Å². The van der Waals surface area contributed by atoms with Crippen LogP contribution in [0.15, 0.2) is 71.9 Å². The second-order valence-electron chi connectivity index (χ2n) is 7.37. The van der Waals surface area contributed by atoms with Crippen LogP contribution in [0.25, 0.3) is 5.69 Å². The standard InChI is InChI=1S/C22H23FN4O3S/c23-19-7-9-21(10-8-19)31(29,30)26-14-12-25(13-15-26)22(28)11-6-18-16-24-27(17-18)20-4-2-1-3-5-20/h1-5,7-10,16-17H,6,11-15H2. The molecule has 2 aromatic carbocycles. The largest absolute Gasteiger partial charge is 0.340 e. The molecule has 162 valence electrons. The van der Waals surface area contributed by atoms with Crippen molar-refractivity contribution in [3.63, 3.8) is 0 Å². The Balaban J connectivity index is 1.30. The van der Waals surface area contributed by atoms with Gasteiger partial charge in [-0.05, 0) is 48.4 Å². The Morgan fingerprint density at radius 3 is 2.32 bits per heavy atom. The number of amides is 1. The summed E-state index contributed by atoms with van der Waals surface area (Å²) in [6.07, 6.45) is 4.58. The monoisotopic (exact) mass is 442 g/mol. The number of aryl methyl sites for hydroxylation is 1. The van der Waals surface area contributed by atoms with Crippen LogP contribution in [-0.2, 0) is 21.2 Å². The number of piperazine rings is 1. The van der Waals surface area contributed by atoms with Gasteiger partial charge < -0.3 is 4.90 Å². The fourth-order valence-electron chi connectivity index (χ4n) is 3.55. The molecule has 0 unspecified atom stereocenters. The van der Waals surface area contributed by atoms with E-state index >= 15 is 0 Å². The molecule has 0 N–H and O–H groups in total. The van der Waals surface area contributed by atoms with Crippen molar-refractivity contribution in [2.45, 2.75) is 17.7 Å². The van der Waals surface area contributed by atoms with E-state index in [1.807, 2.05) is 36.5 Å². The molecule has 1 aliphatic heterocycles. The minimum atomic E-state index is -3.69. The first kappa shape index (κ1) is 21.2. The molecule has 0 aliphatic carbocycles. The number of rotatable bonds is 6. The Labute approximate surface area is 180 Å². The molecular formula is C22H23FN4O3S. The minimum Gasteiger partial charge on any atom is -0.340 e. The smallest absolute Gasteiger partial charge is 0.243 e. The number of nitrogens with zero attached hydrogens (tertiary/aromatic N) is 4. The van der Waals surface area contributed by atoms with Crippen molar-refractivity contribution in [2.75, 3.05) is 26.2 Å². The van der Waals surface area contributed by atoms with Crippen molar-refractivity contribution in [2.24, 2.45) is 0 Å². The highest BCUT2D eigenvalue weighted by Gasteiger charge is 2.30. The van der Waals surface area contributed by atoms with Gasteiger partial charge in [0, 0.05) is 38.8 Å². The molecule has 0 radical (unpaired) electrons. The Kier molecular flexibility index (Phi) is 6.15. The number of carbonyl (C=O) groups excluding carboxylic acids is 1. The third-order valence-corrected chi connectivity index (χ3v) is 7.24. The Bertz CT molecular complexity index is 1140. The topological polar surface area (TPSA) is 75.5 Å². The van der Waals surface area contributed by atoms with Crippen molar-refractivity contribution in [3.8, 4) is 5.69 Å². The highest BCUT2D eigenvalue weighted by Crippen LogP contribution is 2.18. The van der Waals surface area contributed by atoms with Crippen LogP contribution >= 0.6 is 0 Å².